The van der Waals surface area contributed by atoms with Crippen molar-refractivity contribution in [3.05, 3.63) is 34.9 Å². The normalized spacial score (nSPS) is 14.1. The van der Waals surface area contributed by atoms with Gasteiger partial charge in [-0.1, -0.05) is 6.07 Å². The molecule has 4 heteroatoms. The van der Waals surface area contributed by atoms with Gasteiger partial charge in [-0.05, 0) is 23.3 Å². The Kier molecular flexibility index (Phi) is 2.41. The van der Waals surface area contributed by atoms with Gasteiger partial charge in [0.25, 0.3) is 0 Å². The van der Waals surface area contributed by atoms with Gasteiger partial charge in [-0.2, -0.15) is 0 Å². The molecule has 0 saturated carbocycles. The van der Waals surface area contributed by atoms with Crippen molar-refractivity contribution in [1.82, 2.24) is 5.32 Å². The van der Waals surface area contributed by atoms with Gasteiger partial charge in [-0.15, -0.1) is 0 Å². The highest BCUT2D eigenvalue weighted by Crippen LogP contribution is 2.16. The van der Waals surface area contributed by atoms with E-state index in [0.717, 1.165) is 11.1 Å². The number of methoxy groups -OCH3 is 1. The van der Waals surface area contributed by atoms with Crippen LogP contribution in [0.1, 0.15) is 21.5 Å². The molecule has 0 atom stereocenters. The second-order valence-corrected chi connectivity index (χ2v) is 3.43. The van der Waals surface area contributed by atoms with Crippen LogP contribution in [0.5, 0.6) is 0 Å². The zero-order valence-electron chi connectivity index (χ0n) is 8.37. The first-order chi connectivity index (χ1) is 7.20. The van der Waals surface area contributed by atoms with Gasteiger partial charge in [0, 0.05) is 6.54 Å². The van der Waals surface area contributed by atoms with Gasteiger partial charge < -0.3 is 10.1 Å². The van der Waals surface area contributed by atoms with Gasteiger partial charge in [0.2, 0.25) is 5.91 Å². The standard InChI is InChI=1S/C11H11NO3/c1-15-11(14)8-3-2-7-5-10(13)12-6-9(7)4-8/h2-4H,5-6H2,1H3,(H,12,13). The Labute approximate surface area is 87.2 Å². The van der Waals surface area contributed by atoms with Crippen molar-refractivity contribution in [3.63, 3.8) is 0 Å². The summed E-state index contributed by atoms with van der Waals surface area (Å²) in [7, 11) is 1.35. The van der Waals surface area contributed by atoms with Gasteiger partial charge in [-0.3, -0.25) is 4.79 Å². The average molecular weight is 205 g/mol. The smallest absolute Gasteiger partial charge is 0.337 e. The molecule has 1 amide bonds. The topological polar surface area (TPSA) is 55.4 Å². The fourth-order valence-electron chi connectivity index (χ4n) is 1.64. The van der Waals surface area contributed by atoms with E-state index in [2.05, 4.69) is 10.1 Å². The van der Waals surface area contributed by atoms with Crippen molar-refractivity contribution in [2.24, 2.45) is 0 Å². The Balaban J connectivity index is 2.34. The molecule has 1 aliphatic rings. The third-order valence-electron chi connectivity index (χ3n) is 2.45. The molecule has 1 heterocycles. The number of benzene rings is 1. The van der Waals surface area contributed by atoms with Crippen molar-refractivity contribution in [2.75, 3.05) is 7.11 Å². The molecule has 0 saturated heterocycles. The quantitative estimate of drug-likeness (QED) is 0.685. The summed E-state index contributed by atoms with van der Waals surface area (Å²) in [5.74, 6) is -0.331. The van der Waals surface area contributed by atoms with E-state index in [4.69, 9.17) is 0 Å². The molecule has 0 aliphatic carbocycles. The van der Waals surface area contributed by atoms with Gasteiger partial charge in [-0.25, -0.2) is 4.79 Å². The van der Waals surface area contributed by atoms with E-state index in [1.165, 1.54) is 7.11 Å². The minimum atomic E-state index is -0.352. The minimum Gasteiger partial charge on any atom is -0.465 e. The summed E-state index contributed by atoms with van der Waals surface area (Å²) in [5, 5.41) is 2.73. The minimum absolute atomic E-state index is 0.0216. The number of carbonyl (C=O) groups excluding carboxylic acids is 2. The molecule has 0 spiro atoms. The Hall–Kier alpha value is -1.84. The lowest BCUT2D eigenvalue weighted by Gasteiger charge is -2.16. The second-order valence-electron chi connectivity index (χ2n) is 3.43. The molecule has 2 rings (SSSR count). The molecule has 0 unspecified atom stereocenters. The maximum Gasteiger partial charge on any atom is 0.337 e. The van der Waals surface area contributed by atoms with Crippen LogP contribution in [0.3, 0.4) is 0 Å². The summed E-state index contributed by atoms with van der Waals surface area (Å²) in [4.78, 5) is 22.4. The summed E-state index contributed by atoms with van der Waals surface area (Å²) in [6.07, 6.45) is 0.386. The summed E-state index contributed by atoms with van der Waals surface area (Å²) in [6, 6.07) is 5.25. The number of rotatable bonds is 1. The number of esters is 1. The van der Waals surface area contributed by atoms with Gasteiger partial charge in [0.1, 0.15) is 0 Å². The molecule has 4 nitrogen and oxygen atoms in total. The van der Waals surface area contributed by atoms with Gasteiger partial charge >= 0.3 is 5.97 Å². The second kappa shape index (κ2) is 3.73. The predicted molar refractivity (Wildman–Crippen MR) is 53.3 cm³/mol. The van der Waals surface area contributed by atoms with Crippen LogP contribution in [0.15, 0.2) is 18.2 Å². The fraction of sp³-hybridized carbons (Fsp3) is 0.273. The lowest BCUT2D eigenvalue weighted by atomic mass is 9.98. The summed E-state index contributed by atoms with van der Waals surface area (Å²) >= 11 is 0. The number of nitrogens with one attached hydrogen (secondary N) is 1. The molecule has 1 aromatic rings. The number of fused-ring (bicyclic) bond motifs is 1. The van der Waals surface area contributed by atoms with E-state index >= 15 is 0 Å². The highest BCUT2D eigenvalue weighted by atomic mass is 16.5. The first kappa shape index (κ1) is 9.71. The summed E-state index contributed by atoms with van der Waals surface area (Å²) < 4.78 is 4.62. The Bertz CT molecular complexity index is 426. The molecule has 0 aromatic heterocycles. The highest BCUT2D eigenvalue weighted by Gasteiger charge is 2.16. The maximum absolute atomic E-state index is 11.3. The third kappa shape index (κ3) is 1.83. The van der Waals surface area contributed by atoms with Crippen LogP contribution < -0.4 is 5.32 Å². The molecule has 0 fully saturated rings. The lowest BCUT2D eigenvalue weighted by Crippen LogP contribution is -2.30. The Morgan fingerprint density at radius 1 is 1.40 bits per heavy atom. The van der Waals surface area contributed by atoms with E-state index < -0.39 is 0 Å². The molecule has 1 aliphatic heterocycles. The highest BCUT2D eigenvalue weighted by molar-refractivity contribution is 5.90. The first-order valence-corrected chi connectivity index (χ1v) is 4.67. The Morgan fingerprint density at radius 3 is 2.93 bits per heavy atom. The first-order valence-electron chi connectivity index (χ1n) is 4.67. The average Bonchev–Trinajstić information content (AvgIpc) is 2.27. The van der Waals surface area contributed by atoms with Gasteiger partial charge in [0.15, 0.2) is 0 Å². The molecule has 15 heavy (non-hydrogen) atoms. The van der Waals surface area contributed by atoms with Crippen LogP contribution in [0.2, 0.25) is 0 Å². The van der Waals surface area contributed by atoms with Gasteiger partial charge in [0.05, 0.1) is 19.1 Å². The van der Waals surface area contributed by atoms with Crippen molar-refractivity contribution in [1.29, 1.82) is 0 Å². The monoisotopic (exact) mass is 205 g/mol. The van der Waals surface area contributed by atoms with Crippen molar-refractivity contribution >= 4 is 11.9 Å². The molecule has 1 aromatic carbocycles. The van der Waals surface area contributed by atoms with Crippen LogP contribution in [-0.2, 0) is 22.5 Å². The van der Waals surface area contributed by atoms with Crippen LogP contribution in [0.25, 0.3) is 0 Å². The van der Waals surface area contributed by atoms with Crippen LogP contribution in [0, 0.1) is 0 Å². The molecular formula is C11H11NO3. The van der Waals surface area contributed by atoms with E-state index in [9.17, 15) is 9.59 Å². The van der Waals surface area contributed by atoms with Crippen molar-refractivity contribution in [2.45, 2.75) is 13.0 Å². The van der Waals surface area contributed by atoms with Crippen LogP contribution in [-0.4, -0.2) is 19.0 Å². The van der Waals surface area contributed by atoms with Crippen LogP contribution in [0.4, 0.5) is 0 Å². The van der Waals surface area contributed by atoms with E-state index in [1.807, 2.05) is 0 Å². The van der Waals surface area contributed by atoms with E-state index in [0.29, 0.717) is 18.5 Å². The van der Waals surface area contributed by atoms with E-state index in [-0.39, 0.29) is 11.9 Å². The Morgan fingerprint density at radius 2 is 2.20 bits per heavy atom. The molecular weight excluding hydrogens is 194 g/mol. The zero-order valence-corrected chi connectivity index (χ0v) is 8.37. The third-order valence-corrected chi connectivity index (χ3v) is 2.45. The largest absolute Gasteiger partial charge is 0.465 e. The van der Waals surface area contributed by atoms with Crippen molar-refractivity contribution in [3.8, 4) is 0 Å². The van der Waals surface area contributed by atoms with E-state index in [1.54, 1.807) is 18.2 Å². The number of amides is 1. The predicted octanol–water partition coefficient (Wildman–Crippen LogP) is 0.645. The maximum atomic E-state index is 11.3. The number of ether oxygens (including phenoxy) is 1. The number of hydrogen-bond donors (Lipinski definition) is 1. The zero-order chi connectivity index (χ0) is 10.8. The number of hydrogen-bond acceptors (Lipinski definition) is 3. The lowest BCUT2D eigenvalue weighted by molar-refractivity contribution is -0.121. The molecule has 1 N–H and O–H groups in total. The SMILES string of the molecule is COC(=O)c1ccc2c(c1)CNC(=O)C2. The fourth-order valence-corrected chi connectivity index (χ4v) is 1.64. The molecule has 0 bridgehead atoms. The summed E-state index contributed by atoms with van der Waals surface area (Å²) in [5.41, 5.74) is 2.48. The molecule has 78 valence electrons. The summed E-state index contributed by atoms with van der Waals surface area (Å²) in [6.45, 7) is 0.485. The van der Waals surface area contributed by atoms with Crippen LogP contribution >= 0.6 is 0 Å². The van der Waals surface area contributed by atoms with Crippen molar-refractivity contribution < 1.29 is 14.3 Å². The molecule has 0 radical (unpaired) electrons. The number of carbonyl (C=O) groups is 2.